The number of aromatic nitrogens is 3. The molecule has 0 saturated heterocycles. The third-order valence-corrected chi connectivity index (χ3v) is 9.14. The molecule has 7 nitrogen and oxygen atoms in total. The number of aryl methyl sites for hydroxylation is 2. The predicted molar refractivity (Wildman–Crippen MR) is 163 cm³/mol. The van der Waals surface area contributed by atoms with E-state index in [0.29, 0.717) is 35.0 Å². The number of carbonyl (C=O) groups excluding carboxylic acids is 2. The van der Waals surface area contributed by atoms with Crippen LogP contribution in [0.25, 0.3) is 21.7 Å². The highest BCUT2D eigenvalue weighted by molar-refractivity contribution is 7.17. The van der Waals surface area contributed by atoms with Gasteiger partial charge in [-0.25, -0.2) is 9.37 Å². The molecule has 9 heteroatoms. The molecule has 5 aromatic rings. The Kier molecular flexibility index (Phi) is 6.46. The molecule has 1 saturated carbocycles. The van der Waals surface area contributed by atoms with Crippen LogP contribution in [0.1, 0.15) is 61.3 Å². The number of para-hydroxylation sites is 1. The third-order valence-electron chi connectivity index (χ3n) is 7.93. The van der Waals surface area contributed by atoms with Crippen molar-refractivity contribution in [1.29, 1.82) is 0 Å². The summed E-state index contributed by atoms with van der Waals surface area (Å²) in [6.07, 6.45) is 4.61. The first-order chi connectivity index (χ1) is 20.4. The summed E-state index contributed by atoms with van der Waals surface area (Å²) in [5.41, 5.74) is 7.64. The molecule has 2 amide bonds. The highest BCUT2D eigenvalue weighted by atomic mass is 32.1. The SMILES string of the molecule is Cc1ccc2c(c1)N(C(=O)c1cccc(-c3cn[nH]c3C3CC3)n1)CCc1cc(C(=O)Nc3c(C)cccc3F)sc1-2. The summed E-state index contributed by atoms with van der Waals surface area (Å²) in [6.45, 7) is 4.19. The van der Waals surface area contributed by atoms with Gasteiger partial charge in [0, 0.05) is 34.2 Å². The number of fused-ring (bicyclic) bond motifs is 3. The summed E-state index contributed by atoms with van der Waals surface area (Å²) in [4.78, 5) is 35.2. The highest BCUT2D eigenvalue weighted by Crippen LogP contribution is 2.44. The van der Waals surface area contributed by atoms with Gasteiger partial charge in [-0.1, -0.05) is 30.3 Å². The normalized spacial score (nSPS) is 14.2. The Hall–Kier alpha value is -4.63. The summed E-state index contributed by atoms with van der Waals surface area (Å²) in [7, 11) is 0. The van der Waals surface area contributed by atoms with Gasteiger partial charge >= 0.3 is 0 Å². The van der Waals surface area contributed by atoms with Crippen LogP contribution in [0.3, 0.4) is 0 Å². The number of nitrogens with zero attached hydrogens (tertiary/aromatic N) is 3. The molecule has 1 aliphatic carbocycles. The zero-order chi connectivity index (χ0) is 29.0. The average Bonchev–Trinajstić information content (AvgIpc) is 3.59. The number of H-pyrrole nitrogens is 1. The Bertz CT molecular complexity index is 1850. The minimum atomic E-state index is -0.467. The molecule has 2 N–H and O–H groups in total. The first-order valence-corrected chi connectivity index (χ1v) is 14.8. The molecule has 1 fully saturated rings. The van der Waals surface area contributed by atoms with Crippen molar-refractivity contribution in [2.45, 2.75) is 39.0 Å². The molecule has 42 heavy (non-hydrogen) atoms. The number of hydrogen-bond donors (Lipinski definition) is 2. The fraction of sp³-hybridized carbons (Fsp3) is 0.212. The second kappa shape index (κ2) is 10.3. The molecule has 3 aromatic heterocycles. The number of anilines is 2. The number of carbonyl (C=O) groups is 2. The summed E-state index contributed by atoms with van der Waals surface area (Å²) in [5.74, 6) is -0.520. The standard InChI is InChI=1S/C33H28FN5O2S/c1-18-9-12-22-27(15-18)39(33(41)26-8-4-7-25(36-26)23-17-35-38-30(23)20-10-11-20)14-13-21-16-28(42-31(21)22)32(40)37-29-19(2)5-3-6-24(29)34/h3-9,12,15-17,20H,10-11,13-14H2,1-2H3,(H,35,38)(H,37,40). The summed E-state index contributed by atoms with van der Waals surface area (Å²) in [6, 6.07) is 18.1. The van der Waals surface area contributed by atoms with E-state index in [9.17, 15) is 14.0 Å². The van der Waals surface area contributed by atoms with Crippen LogP contribution < -0.4 is 10.2 Å². The van der Waals surface area contributed by atoms with Crippen molar-refractivity contribution in [2.75, 3.05) is 16.8 Å². The Morgan fingerprint density at radius 1 is 1.05 bits per heavy atom. The molecule has 1 aliphatic heterocycles. The van der Waals surface area contributed by atoms with Gasteiger partial charge in [0.1, 0.15) is 11.5 Å². The van der Waals surface area contributed by atoms with Crippen LogP contribution in [-0.2, 0) is 6.42 Å². The first-order valence-electron chi connectivity index (χ1n) is 14.0. The molecule has 7 rings (SSSR count). The Morgan fingerprint density at radius 3 is 2.69 bits per heavy atom. The van der Waals surface area contributed by atoms with Gasteiger partial charge in [-0.05, 0) is 80.1 Å². The van der Waals surface area contributed by atoms with Gasteiger partial charge in [-0.3, -0.25) is 14.7 Å². The average molecular weight is 578 g/mol. The minimum absolute atomic E-state index is 0.177. The molecule has 2 aromatic carbocycles. The molecule has 0 atom stereocenters. The van der Waals surface area contributed by atoms with Crippen LogP contribution in [0.5, 0.6) is 0 Å². The van der Waals surface area contributed by atoms with E-state index in [1.165, 1.54) is 17.4 Å². The van der Waals surface area contributed by atoms with Crippen molar-refractivity contribution in [3.05, 3.63) is 106 Å². The van der Waals surface area contributed by atoms with Crippen molar-refractivity contribution in [3.8, 4) is 21.7 Å². The van der Waals surface area contributed by atoms with E-state index >= 15 is 0 Å². The number of nitrogens with one attached hydrogen (secondary N) is 2. The van der Waals surface area contributed by atoms with E-state index in [4.69, 9.17) is 4.98 Å². The van der Waals surface area contributed by atoms with Crippen LogP contribution in [0, 0.1) is 19.7 Å². The number of rotatable bonds is 5. The van der Waals surface area contributed by atoms with Crippen LogP contribution in [-0.4, -0.2) is 33.5 Å². The molecular formula is C33H28FN5O2S. The number of amides is 2. The van der Waals surface area contributed by atoms with Crippen molar-refractivity contribution >= 4 is 34.5 Å². The second-order valence-electron chi connectivity index (χ2n) is 11.0. The largest absolute Gasteiger partial charge is 0.319 e. The van der Waals surface area contributed by atoms with Crippen molar-refractivity contribution in [1.82, 2.24) is 15.2 Å². The smallest absolute Gasteiger partial charge is 0.276 e. The molecule has 210 valence electrons. The number of halogens is 1. The minimum Gasteiger partial charge on any atom is -0.319 e. The molecule has 4 heterocycles. The number of hydrogen-bond acceptors (Lipinski definition) is 5. The lowest BCUT2D eigenvalue weighted by molar-refractivity contribution is 0.0981. The van der Waals surface area contributed by atoms with E-state index in [1.807, 2.05) is 43.3 Å². The van der Waals surface area contributed by atoms with Crippen LogP contribution in [0.4, 0.5) is 15.8 Å². The monoisotopic (exact) mass is 577 g/mol. The fourth-order valence-corrected chi connectivity index (χ4v) is 6.71. The number of benzene rings is 2. The van der Waals surface area contributed by atoms with Crippen molar-refractivity contribution in [3.63, 3.8) is 0 Å². The molecule has 0 radical (unpaired) electrons. The summed E-state index contributed by atoms with van der Waals surface area (Å²) in [5, 5.41) is 10.1. The van der Waals surface area contributed by atoms with E-state index < -0.39 is 5.82 Å². The quantitative estimate of drug-likeness (QED) is 0.230. The number of pyridine rings is 1. The van der Waals surface area contributed by atoms with Gasteiger partial charge < -0.3 is 10.2 Å². The molecular weight excluding hydrogens is 549 g/mol. The van der Waals surface area contributed by atoms with Crippen molar-refractivity contribution in [2.24, 2.45) is 0 Å². The number of thiophene rings is 1. The van der Waals surface area contributed by atoms with Crippen LogP contribution >= 0.6 is 11.3 Å². The molecule has 0 spiro atoms. The van der Waals surface area contributed by atoms with E-state index in [1.54, 1.807) is 36.2 Å². The second-order valence-corrected chi connectivity index (χ2v) is 12.0. The maximum absolute atomic E-state index is 14.4. The van der Waals surface area contributed by atoms with Crippen LogP contribution in [0.2, 0.25) is 0 Å². The number of aromatic amines is 1. The first kappa shape index (κ1) is 26.3. The molecule has 0 unspecified atom stereocenters. The predicted octanol–water partition coefficient (Wildman–Crippen LogP) is 7.29. The van der Waals surface area contributed by atoms with E-state index in [2.05, 4.69) is 15.5 Å². The van der Waals surface area contributed by atoms with Gasteiger partial charge in [-0.2, -0.15) is 5.10 Å². The Balaban J connectivity index is 1.21. The lowest BCUT2D eigenvalue weighted by Gasteiger charge is -2.23. The van der Waals surface area contributed by atoms with Crippen molar-refractivity contribution < 1.29 is 14.0 Å². The lowest BCUT2D eigenvalue weighted by atomic mass is 10.0. The van der Waals surface area contributed by atoms with Gasteiger partial charge in [0.2, 0.25) is 0 Å². The Morgan fingerprint density at radius 2 is 1.88 bits per heavy atom. The van der Waals surface area contributed by atoms with Gasteiger partial charge in [0.15, 0.2) is 0 Å². The van der Waals surface area contributed by atoms with Gasteiger partial charge in [0.25, 0.3) is 11.8 Å². The Labute approximate surface area is 246 Å². The zero-order valence-electron chi connectivity index (χ0n) is 23.2. The molecule has 2 aliphatic rings. The third kappa shape index (κ3) is 4.69. The van der Waals surface area contributed by atoms with E-state index in [-0.39, 0.29) is 17.5 Å². The summed E-state index contributed by atoms with van der Waals surface area (Å²) < 4.78 is 14.4. The zero-order valence-corrected chi connectivity index (χ0v) is 24.0. The van der Waals surface area contributed by atoms with E-state index in [0.717, 1.165) is 57.0 Å². The maximum atomic E-state index is 14.4. The van der Waals surface area contributed by atoms with Crippen LogP contribution in [0.15, 0.2) is 66.9 Å². The highest BCUT2D eigenvalue weighted by Gasteiger charge is 2.31. The summed E-state index contributed by atoms with van der Waals surface area (Å²) >= 11 is 1.36. The lowest BCUT2D eigenvalue weighted by Crippen LogP contribution is -2.33. The topological polar surface area (TPSA) is 91.0 Å². The van der Waals surface area contributed by atoms with Gasteiger partial charge in [0.05, 0.1) is 28.1 Å². The molecule has 0 bridgehead atoms. The maximum Gasteiger partial charge on any atom is 0.276 e. The van der Waals surface area contributed by atoms with Gasteiger partial charge in [-0.15, -0.1) is 11.3 Å². The fourth-order valence-electron chi connectivity index (χ4n) is 5.57.